The first-order valence-electron chi connectivity index (χ1n) is 8.23. The fraction of sp³-hybridized carbons (Fsp3) is 0.588. The highest BCUT2D eigenvalue weighted by Gasteiger charge is 2.29. The van der Waals surface area contributed by atoms with Crippen LogP contribution in [0.5, 0.6) is 0 Å². The van der Waals surface area contributed by atoms with Gasteiger partial charge in [-0.25, -0.2) is 8.42 Å². The van der Waals surface area contributed by atoms with Crippen molar-refractivity contribution < 1.29 is 13.2 Å². The molecule has 2 rings (SSSR count). The van der Waals surface area contributed by atoms with E-state index in [0.29, 0.717) is 6.42 Å². The normalized spacial score (nSPS) is 19.9. The molecule has 0 spiro atoms. The monoisotopic (exact) mass is 338 g/mol. The molecule has 0 aliphatic carbocycles. The maximum Gasteiger partial charge on any atom is 0.224 e. The van der Waals surface area contributed by atoms with Gasteiger partial charge in [0.2, 0.25) is 5.91 Å². The third kappa shape index (κ3) is 5.62. The number of sulfone groups is 1. The van der Waals surface area contributed by atoms with Crippen LogP contribution >= 0.6 is 0 Å². The van der Waals surface area contributed by atoms with Crippen molar-refractivity contribution in [2.24, 2.45) is 5.92 Å². The molecule has 1 heterocycles. The van der Waals surface area contributed by atoms with Gasteiger partial charge in [0.15, 0.2) is 9.84 Å². The predicted octanol–water partition coefficient (Wildman–Crippen LogP) is 2.29. The van der Waals surface area contributed by atoms with Gasteiger partial charge in [-0.05, 0) is 43.1 Å². The number of amides is 1. The molecule has 1 N–H and O–H groups in total. The Hall–Kier alpha value is -1.40. The first-order chi connectivity index (χ1) is 10.9. The number of benzene rings is 1. The fourth-order valence-corrected chi connectivity index (χ4v) is 4.77. The second-order valence-electron chi connectivity index (χ2n) is 6.18. The third-order valence-electron chi connectivity index (χ3n) is 4.34. The van der Waals surface area contributed by atoms with E-state index in [-0.39, 0.29) is 29.8 Å². The van der Waals surface area contributed by atoms with Crippen molar-refractivity contribution in [1.29, 1.82) is 0 Å². The summed E-state index contributed by atoms with van der Waals surface area (Å²) in [7, 11) is -2.92. The van der Waals surface area contributed by atoms with Crippen LogP contribution < -0.4 is 5.32 Å². The first kappa shape index (κ1) is 17.9. The van der Waals surface area contributed by atoms with E-state index in [1.807, 2.05) is 24.3 Å². The molecular formula is C17H26N2O3S. The number of carbonyl (C=O) groups is 1. The summed E-state index contributed by atoms with van der Waals surface area (Å²) >= 11 is 0. The Labute approximate surface area is 139 Å². The van der Waals surface area contributed by atoms with Crippen LogP contribution in [0.3, 0.4) is 0 Å². The van der Waals surface area contributed by atoms with E-state index in [2.05, 4.69) is 24.1 Å². The van der Waals surface area contributed by atoms with E-state index in [1.54, 1.807) is 0 Å². The van der Waals surface area contributed by atoms with Gasteiger partial charge in [-0.15, -0.1) is 0 Å². The summed E-state index contributed by atoms with van der Waals surface area (Å²) in [6, 6.07) is 7.85. The number of rotatable bonds is 7. The minimum atomic E-state index is -2.92. The lowest BCUT2D eigenvalue weighted by atomic mass is 10.0. The maximum absolute atomic E-state index is 12.0. The maximum atomic E-state index is 12.0. The van der Waals surface area contributed by atoms with Crippen molar-refractivity contribution in [3.63, 3.8) is 0 Å². The quantitative estimate of drug-likeness (QED) is 0.828. The van der Waals surface area contributed by atoms with Gasteiger partial charge >= 0.3 is 0 Å². The largest absolute Gasteiger partial charge is 0.326 e. The van der Waals surface area contributed by atoms with Crippen LogP contribution in [0.4, 0.5) is 5.69 Å². The first-order valence-corrected chi connectivity index (χ1v) is 10.1. The third-order valence-corrected chi connectivity index (χ3v) is 6.18. The predicted molar refractivity (Wildman–Crippen MR) is 93.1 cm³/mol. The molecule has 1 aliphatic rings. The van der Waals surface area contributed by atoms with E-state index in [1.165, 1.54) is 5.56 Å². The molecule has 0 bridgehead atoms. The van der Waals surface area contributed by atoms with Gasteiger partial charge in [-0.1, -0.05) is 26.0 Å². The Morgan fingerprint density at radius 2 is 1.87 bits per heavy atom. The molecule has 1 saturated heterocycles. The SMILES string of the molecule is CCN(CC)Cc1ccc(NC(=O)CC2CCS(=O)(=O)C2)cc1. The summed E-state index contributed by atoms with van der Waals surface area (Å²) in [6.45, 7) is 7.21. The van der Waals surface area contributed by atoms with Gasteiger partial charge in [0.1, 0.15) is 0 Å². The van der Waals surface area contributed by atoms with Crippen LogP contribution in [-0.4, -0.2) is 43.8 Å². The zero-order valence-corrected chi connectivity index (χ0v) is 14.7. The summed E-state index contributed by atoms with van der Waals surface area (Å²) in [5.74, 6) is 0.208. The van der Waals surface area contributed by atoms with Crippen molar-refractivity contribution in [2.75, 3.05) is 29.9 Å². The Morgan fingerprint density at radius 3 is 2.39 bits per heavy atom. The Balaban J connectivity index is 1.84. The van der Waals surface area contributed by atoms with Gasteiger partial charge in [-0.2, -0.15) is 0 Å². The van der Waals surface area contributed by atoms with Crippen LogP contribution in [0, 0.1) is 5.92 Å². The number of anilines is 1. The van der Waals surface area contributed by atoms with Crippen LogP contribution in [0.15, 0.2) is 24.3 Å². The average Bonchev–Trinajstić information content (AvgIpc) is 2.85. The fourth-order valence-electron chi connectivity index (χ4n) is 2.91. The molecule has 1 unspecified atom stereocenters. The van der Waals surface area contributed by atoms with Crippen molar-refractivity contribution in [1.82, 2.24) is 4.90 Å². The second-order valence-corrected chi connectivity index (χ2v) is 8.41. The highest BCUT2D eigenvalue weighted by atomic mass is 32.2. The Morgan fingerprint density at radius 1 is 1.22 bits per heavy atom. The number of nitrogens with one attached hydrogen (secondary N) is 1. The van der Waals surface area contributed by atoms with Crippen molar-refractivity contribution >= 4 is 21.4 Å². The molecule has 6 heteroatoms. The highest BCUT2D eigenvalue weighted by molar-refractivity contribution is 7.91. The van der Waals surface area contributed by atoms with Crippen LogP contribution in [0.1, 0.15) is 32.3 Å². The molecule has 1 amide bonds. The van der Waals surface area contributed by atoms with Crippen molar-refractivity contribution in [3.8, 4) is 0 Å². The average molecular weight is 338 g/mol. The summed E-state index contributed by atoms with van der Waals surface area (Å²) in [5, 5.41) is 2.86. The van der Waals surface area contributed by atoms with Gasteiger partial charge in [-0.3, -0.25) is 9.69 Å². The molecule has 0 radical (unpaired) electrons. The highest BCUT2D eigenvalue weighted by Crippen LogP contribution is 2.22. The van der Waals surface area contributed by atoms with Gasteiger partial charge in [0.05, 0.1) is 11.5 Å². The number of hydrogen-bond donors (Lipinski definition) is 1. The zero-order valence-electron chi connectivity index (χ0n) is 13.9. The molecular weight excluding hydrogens is 312 g/mol. The molecule has 128 valence electrons. The summed E-state index contributed by atoms with van der Waals surface area (Å²) < 4.78 is 22.8. The minimum Gasteiger partial charge on any atom is -0.326 e. The van der Waals surface area contributed by atoms with E-state index in [9.17, 15) is 13.2 Å². The number of hydrogen-bond acceptors (Lipinski definition) is 4. The van der Waals surface area contributed by atoms with E-state index >= 15 is 0 Å². The molecule has 5 nitrogen and oxygen atoms in total. The number of nitrogens with zero attached hydrogens (tertiary/aromatic N) is 1. The standard InChI is InChI=1S/C17H26N2O3S/c1-3-19(4-2)12-14-5-7-16(8-6-14)18-17(20)11-15-9-10-23(21,22)13-15/h5-8,15H,3-4,9-13H2,1-2H3,(H,18,20). The van der Waals surface area contributed by atoms with Crippen molar-refractivity contribution in [2.45, 2.75) is 33.2 Å². The van der Waals surface area contributed by atoms with Crippen LogP contribution in [0.25, 0.3) is 0 Å². The Kier molecular flexibility index (Phi) is 6.18. The van der Waals surface area contributed by atoms with Gasteiger partial charge in [0.25, 0.3) is 0 Å². The lowest BCUT2D eigenvalue weighted by Crippen LogP contribution is -2.22. The zero-order chi connectivity index (χ0) is 16.9. The molecule has 23 heavy (non-hydrogen) atoms. The molecule has 0 aromatic heterocycles. The minimum absolute atomic E-state index is 0.0399. The van der Waals surface area contributed by atoms with E-state index < -0.39 is 9.84 Å². The van der Waals surface area contributed by atoms with E-state index in [4.69, 9.17) is 0 Å². The molecule has 1 aromatic rings. The topological polar surface area (TPSA) is 66.5 Å². The summed E-state index contributed by atoms with van der Waals surface area (Å²) in [4.78, 5) is 14.3. The van der Waals surface area contributed by atoms with Crippen LogP contribution in [0.2, 0.25) is 0 Å². The van der Waals surface area contributed by atoms with Crippen molar-refractivity contribution in [3.05, 3.63) is 29.8 Å². The second kappa shape index (κ2) is 7.93. The lowest BCUT2D eigenvalue weighted by Gasteiger charge is -2.18. The van der Waals surface area contributed by atoms with Gasteiger partial charge in [0, 0.05) is 18.7 Å². The number of carbonyl (C=O) groups excluding carboxylic acids is 1. The van der Waals surface area contributed by atoms with Gasteiger partial charge < -0.3 is 5.32 Å². The lowest BCUT2D eigenvalue weighted by molar-refractivity contribution is -0.116. The molecule has 0 saturated carbocycles. The summed E-state index contributed by atoms with van der Waals surface area (Å²) in [6.07, 6.45) is 0.874. The van der Waals surface area contributed by atoms with Crippen LogP contribution in [-0.2, 0) is 21.2 Å². The smallest absolute Gasteiger partial charge is 0.224 e. The molecule has 1 aromatic carbocycles. The molecule has 1 atom stereocenters. The summed E-state index contributed by atoms with van der Waals surface area (Å²) in [5.41, 5.74) is 1.98. The molecule has 1 fully saturated rings. The van der Waals surface area contributed by atoms with E-state index in [0.717, 1.165) is 25.3 Å². The Bertz CT molecular complexity index is 622. The molecule has 1 aliphatic heterocycles.